The highest BCUT2D eigenvalue weighted by molar-refractivity contribution is 8.18. The Labute approximate surface area is 132 Å². The number of carbonyl (C=O) groups is 3. The van der Waals surface area contributed by atoms with E-state index in [-0.39, 0.29) is 23.1 Å². The van der Waals surface area contributed by atoms with Crippen molar-refractivity contribution in [2.24, 2.45) is 5.92 Å². The first-order valence-electron chi connectivity index (χ1n) is 7.19. The molecule has 2 aliphatic rings. The summed E-state index contributed by atoms with van der Waals surface area (Å²) in [6, 6.07) is 7.18. The summed E-state index contributed by atoms with van der Waals surface area (Å²) >= 11 is 0.880. The summed E-state index contributed by atoms with van der Waals surface area (Å²) in [7, 11) is 0. The standard InChI is InChI=1S/C16H16N2O3S/c1-9(11-6-7-11)17-14(19)12-4-2-10(3-5-12)8-13-15(20)18-16(21)22-13/h2-5,8-9,11H,6-7H2,1H3,(H,17,19)(H,18,20,21). The molecule has 0 radical (unpaired) electrons. The van der Waals surface area contributed by atoms with Crippen LogP contribution in [0.5, 0.6) is 0 Å². The molecule has 0 aromatic heterocycles. The molecule has 3 rings (SSSR count). The normalized spacial score (nSPS) is 20.9. The first-order valence-corrected chi connectivity index (χ1v) is 8.00. The number of hydrogen-bond acceptors (Lipinski definition) is 4. The molecule has 1 saturated carbocycles. The van der Waals surface area contributed by atoms with Gasteiger partial charge in [0.2, 0.25) is 0 Å². The highest BCUT2D eigenvalue weighted by Gasteiger charge is 2.29. The second-order valence-electron chi connectivity index (χ2n) is 5.57. The Morgan fingerprint density at radius 3 is 2.55 bits per heavy atom. The summed E-state index contributed by atoms with van der Waals surface area (Å²) in [5.74, 6) is 0.153. The average Bonchev–Trinajstić information content (AvgIpc) is 3.27. The van der Waals surface area contributed by atoms with E-state index in [9.17, 15) is 14.4 Å². The quantitative estimate of drug-likeness (QED) is 0.837. The zero-order chi connectivity index (χ0) is 15.7. The molecule has 2 N–H and O–H groups in total. The Hall–Kier alpha value is -2.08. The van der Waals surface area contributed by atoms with Gasteiger partial charge >= 0.3 is 0 Å². The minimum atomic E-state index is -0.380. The third-order valence-electron chi connectivity index (χ3n) is 3.80. The number of imide groups is 1. The van der Waals surface area contributed by atoms with Crippen molar-refractivity contribution in [2.45, 2.75) is 25.8 Å². The number of carbonyl (C=O) groups excluding carboxylic acids is 3. The molecule has 114 valence electrons. The number of hydrogen-bond donors (Lipinski definition) is 2. The lowest BCUT2D eigenvalue weighted by molar-refractivity contribution is -0.115. The van der Waals surface area contributed by atoms with Crippen molar-refractivity contribution in [3.05, 3.63) is 40.3 Å². The number of amides is 3. The topological polar surface area (TPSA) is 75.3 Å². The summed E-state index contributed by atoms with van der Waals surface area (Å²) in [5.41, 5.74) is 1.37. The van der Waals surface area contributed by atoms with Crippen LogP contribution in [0.4, 0.5) is 4.79 Å². The summed E-state index contributed by atoms with van der Waals surface area (Å²) in [6.45, 7) is 2.03. The van der Waals surface area contributed by atoms with Gasteiger partial charge < -0.3 is 5.32 Å². The van der Waals surface area contributed by atoms with Crippen molar-refractivity contribution < 1.29 is 14.4 Å². The SMILES string of the molecule is CC(NC(=O)c1ccc(C=C2SC(=O)NC2=O)cc1)C1CC1. The Bertz CT molecular complexity index is 662. The maximum absolute atomic E-state index is 12.1. The molecule has 2 fully saturated rings. The second-order valence-corrected chi connectivity index (χ2v) is 6.59. The van der Waals surface area contributed by atoms with E-state index in [1.807, 2.05) is 6.92 Å². The lowest BCUT2D eigenvalue weighted by atomic mass is 10.1. The van der Waals surface area contributed by atoms with Crippen molar-refractivity contribution in [3.8, 4) is 0 Å². The van der Waals surface area contributed by atoms with E-state index < -0.39 is 0 Å². The summed E-state index contributed by atoms with van der Waals surface area (Å²) in [6.07, 6.45) is 4.01. The lowest BCUT2D eigenvalue weighted by Crippen LogP contribution is -2.33. The van der Waals surface area contributed by atoms with Crippen LogP contribution in [0.25, 0.3) is 6.08 Å². The molecule has 1 unspecified atom stereocenters. The molecule has 0 bridgehead atoms. The number of nitrogens with one attached hydrogen (secondary N) is 2. The van der Waals surface area contributed by atoms with E-state index in [0.29, 0.717) is 16.4 Å². The maximum Gasteiger partial charge on any atom is 0.290 e. The van der Waals surface area contributed by atoms with Crippen molar-refractivity contribution in [1.29, 1.82) is 0 Å². The zero-order valence-corrected chi connectivity index (χ0v) is 12.9. The largest absolute Gasteiger partial charge is 0.349 e. The van der Waals surface area contributed by atoms with Gasteiger partial charge in [0.05, 0.1) is 4.91 Å². The van der Waals surface area contributed by atoms with Crippen LogP contribution in [0.3, 0.4) is 0 Å². The van der Waals surface area contributed by atoms with Gasteiger partial charge in [0.25, 0.3) is 17.1 Å². The summed E-state index contributed by atoms with van der Waals surface area (Å²) in [5, 5.41) is 4.84. The second kappa shape index (κ2) is 5.96. The molecule has 1 atom stereocenters. The van der Waals surface area contributed by atoms with Crippen LogP contribution in [0, 0.1) is 5.92 Å². The molecule has 1 aliphatic heterocycles. The fourth-order valence-electron chi connectivity index (χ4n) is 2.31. The molecule has 1 heterocycles. The van der Waals surface area contributed by atoms with Gasteiger partial charge in [-0.2, -0.15) is 0 Å². The molecule has 22 heavy (non-hydrogen) atoms. The van der Waals surface area contributed by atoms with Crippen LogP contribution < -0.4 is 10.6 Å². The van der Waals surface area contributed by atoms with E-state index in [2.05, 4.69) is 10.6 Å². The van der Waals surface area contributed by atoms with Crippen LogP contribution in [0.1, 0.15) is 35.7 Å². The van der Waals surface area contributed by atoms with Gasteiger partial charge in [-0.25, -0.2) is 0 Å². The predicted octanol–water partition coefficient (Wildman–Crippen LogP) is 2.54. The van der Waals surface area contributed by atoms with Gasteiger partial charge in [-0.1, -0.05) is 12.1 Å². The van der Waals surface area contributed by atoms with Crippen molar-refractivity contribution in [1.82, 2.24) is 10.6 Å². The first-order chi connectivity index (χ1) is 10.5. The van der Waals surface area contributed by atoms with Gasteiger partial charge in [-0.15, -0.1) is 0 Å². The molecule has 0 spiro atoms. The van der Waals surface area contributed by atoms with E-state index in [0.717, 1.165) is 17.3 Å². The molecule has 1 aromatic rings. The van der Waals surface area contributed by atoms with Crippen LogP contribution in [0.2, 0.25) is 0 Å². The van der Waals surface area contributed by atoms with Gasteiger partial charge in [0.15, 0.2) is 0 Å². The van der Waals surface area contributed by atoms with Crippen molar-refractivity contribution in [3.63, 3.8) is 0 Å². The van der Waals surface area contributed by atoms with Crippen LogP contribution in [-0.2, 0) is 4.79 Å². The third kappa shape index (κ3) is 3.39. The van der Waals surface area contributed by atoms with Gasteiger partial charge in [0.1, 0.15) is 0 Å². The van der Waals surface area contributed by atoms with Gasteiger partial charge in [-0.3, -0.25) is 19.7 Å². The molecule has 1 saturated heterocycles. The average molecular weight is 316 g/mol. The van der Waals surface area contributed by atoms with Crippen LogP contribution in [-0.4, -0.2) is 23.1 Å². The molecule has 1 aliphatic carbocycles. The van der Waals surface area contributed by atoms with Crippen molar-refractivity contribution in [2.75, 3.05) is 0 Å². The Morgan fingerprint density at radius 1 is 1.32 bits per heavy atom. The van der Waals surface area contributed by atoms with E-state index in [4.69, 9.17) is 0 Å². The molecular formula is C16H16N2O3S. The number of thioether (sulfide) groups is 1. The molecule has 6 heteroatoms. The highest BCUT2D eigenvalue weighted by Crippen LogP contribution is 2.32. The Balaban J connectivity index is 1.67. The fraction of sp³-hybridized carbons (Fsp3) is 0.312. The minimum absolute atomic E-state index is 0.0817. The fourth-order valence-corrected chi connectivity index (χ4v) is 2.99. The lowest BCUT2D eigenvalue weighted by Gasteiger charge is -2.12. The molecular weight excluding hydrogens is 300 g/mol. The minimum Gasteiger partial charge on any atom is -0.349 e. The third-order valence-corrected chi connectivity index (χ3v) is 4.61. The Kier molecular flexibility index (Phi) is 4.02. The molecule has 3 amide bonds. The van der Waals surface area contributed by atoms with Crippen LogP contribution in [0.15, 0.2) is 29.2 Å². The number of benzene rings is 1. The molecule has 1 aromatic carbocycles. The van der Waals surface area contributed by atoms with Gasteiger partial charge in [-0.05, 0) is 61.2 Å². The van der Waals surface area contributed by atoms with Crippen LogP contribution >= 0.6 is 11.8 Å². The van der Waals surface area contributed by atoms with Crippen molar-refractivity contribution >= 4 is 34.9 Å². The van der Waals surface area contributed by atoms with E-state index in [1.54, 1.807) is 30.3 Å². The highest BCUT2D eigenvalue weighted by atomic mass is 32.2. The number of rotatable bonds is 4. The maximum atomic E-state index is 12.1. The summed E-state index contributed by atoms with van der Waals surface area (Å²) < 4.78 is 0. The predicted molar refractivity (Wildman–Crippen MR) is 85.2 cm³/mol. The van der Waals surface area contributed by atoms with E-state index in [1.165, 1.54) is 12.8 Å². The Morgan fingerprint density at radius 2 is 2.00 bits per heavy atom. The first kappa shape index (κ1) is 14.8. The smallest absolute Gasteiger partial charge is 0.290 e. The monoisotopic (exact) mass is 316 g/mol. The van der Waals surface area contributed by atoms with E-state index >= 15 is 0 Å². The van der Waals surface area contributed by atoms with Gasteiger partial charge in [0, 0.05) is 11.6 Å². The zero-order valence-electron chi connectivity index (χ0n) is 12.1. The molecule has 5 nitrogen and oxygen atoms in total. The summed E-state index contributed by atoms with van der Waals surface area (Å²) in [4.78, 5) is 35.0.